The SMILES string of the molecule is O=C(NCc1ccc(N2CCCC2=O)cc1)C1CCN(C(=O)C2CC2)CC1. The van der Waals surface area contributed by atoms with E-state index in [1.807, 2.05) is 34.1 Å². The number of carbonyl (C=O) groups excluding carboxylic acids is 3. The van der Waals surface area contributed by atoms with Crippen molar-refractivity contribution >= 4 is 23.4 Å². The third kappa shape index (κ3) is 4.15. The van der Waals surface area contributed by atoms with Crippen LogP contribution in [0.3, 0.4) is 0 Å². The van der Waals surface area contributed by atoms with Crippen molar-refractivity contribution in [3.05, 3.63) is 29.8 Å². The van der Waals surface area contributed by atoms with Gasteiger partial charge in [0.05, 0.1) is 0 Å². The van der Waals surface area contributed by atoms with Gasteiger partial charge in [0.25, 0.3) is 0 Å². The molecule has 0 atom stereocenters. The second-order valence-electron chi connectivity index (χ2n) is 7.91. The summed E-state index contributed by atoms with van der Waals surface area (Å²) in [5.41, 5.74) is 1.96. The molecule has 0 spiro atoms. The van der Waals surface area contributed by atoms with E-state index in [1.165, 1.54) is 0 Å². The van der Waals surface area contributed by atoms with Gasteiger partial charge in [-0.15, -0.1) is 0 Å². The molecule has 2 saturated heterocycles. The molecule has 1 N–H and O–H groups in total. The highest BCUT2D eigenvalue weighted by Crippen LogP contribution is 2.32. The van der Waals surface area contributed by atoms with E-state index in [4.69, 9.17) is 0 Å². The summed E-state index contributed by atoms with van der Waals surface area (Å²) in [6.45, 7) is 2.68. The van der Waals surface area contributed by atoms with E-state index < -0.39 is 0 Å². The van der Waals surface area contributed by atoms with E-state index in [9.17, 15) is 14.4 Å². The first-order valence-electron chi connectivity index (χ1n) is 10.1. The van der Waals surface area contributed by atoms with Gasteiger partial charge in [-0.05, 0) is 49.8 Å². The first-order chi connectivity index (χ1) is 13.1. The van der Waals surface area contributed by atoms with E-state index in [1.54, 1.807) is 0 Å². The molecule has 3 fully saturated rings. The van der Waals surface area contributed by atoms with Gasteiger partial charge in [0.2, 0.25) is 17.7 Å². The van der Waals surface area contributed by atoms with Crippen molar-refractivity contribution < 1.29 is 14.4 Å². The van der Waals surface area contributed by atoms with Crippen LogP contribution in [0.4, 0.5) is 5.69 Å². The zero-order valence-electron chi connectivity index (χ0n) is 15.7. The van der Waals surface area contributed by atoms with E-state index in [0.29, 0.717) is 26.1 Å². The Morgan fingerprint density at radius 3 is 2.26 bits per heavy atom. The molecule has 0 radical (unpaired) electrons. The van der Waals surface area contributed by atoms with Gasteiger partial charge < -0.3 is 15.1 Å². The lowest BCUT2D eigenvalue weighted by molar-refractivity contribution is -0.136. The van der Waals surface area contributed by atoms with Crippen molar-refractivity contribution in [3.63, 3.8) is 0 Å². The second kappa shape index (κ2) is 7.71. The minimum Gasteiger partial charge on any atom is -0.352 e. The summed E-state index contributed by atoms with van der Waals surface area (Å²) >= 11 is 0. The van der Waals surface area contributed by atoms with E-state index >= 15 is 0 Å². The normalized spacial score (nSPS) is 20.8. The lowest BCUT2D eigenvalue weighted by Gasteiger charge is -2.31. The maximum atomic E-state index is 12.4. The summed E-state index contributed by atoms with van der Waals surface area (Å²) < 4.78 is 0. The summed E-state index contributed by atoms with van der Waals surface area (Å²) in [5.74, 6) is 0.796. The molecule has 6 nitrogen and oxygen atoms in total. The molecule has 2 aliphatic heterocycles. The van der Waals surface area contributed by atoms with Gasteiger partial charge in [-0.3, -0.25) is 14.4 Å². The topological polar surface area (TPSA) is 69.7 Å². The third-order valence-corrected chi connectivity index (χ3v) is 5.89. The maximum absolute atomic E-state index is 12.4. The molecule has 27 heavy (non-hydrogen) atoms. The summed E-state index contributed by atoms with van der Waals surface area (Å²) in [6, 6.07) is 7.84. The van der Waals surface area contributed by atoms with Crippen LogP contribution in [0.25, 0.3) is 0 Å². The van der Waals surface area contributed by atoms with Gasteiger partial charge in [0.15, 0.2) is 0 Å². The van der Waals surface area contributed by atoms with Crippen LogP contribution in [0, 0.1) is 11.8 Å². The molecule has 0 unspecified atom stereocenters. The molecule has 3 aliphatic rings. The lowest BCUT2D eigenvalue weighted by atomic mass is 9.95. The number of anilines is 1. The molecule has 144 valence electrons. The number of carbonyl (C=O) groups is 3. The smallest absolute Gasteiger partial charge is 0.227 e. The Balaban J connectivity index is 1.23. The molecule has 6 heteroatoms. The zero-order valence-corrected chi connectivity index (χ0v) is 15.7. The number of piperidine rings is 1. The fourth-order valence-corrected chi connectivity index (χ4v) is 4.00. The van der Waals surface area contributed by atoms with E-state index in [0.717, 1.165) is 49.9 Å². The number of rotatable bonds is 5. The molecule has 1 aliphatic carbocycles. The van der Waals surface area contributed by atoms with Gasteiger partial charge in [0, 0.05) is 50.1 Å². The van der Waals surface area contributed by atoms with Crippen molar-refractivity contribution in [2.45, 2.75) is 45.1 Å². The summed E-state index contributed by atoms with van der Waals surface area (Å²) in [4.78, 5) is 40.1. The van der Waals surface area contributed by atoms with Crippen LogP contribution in [0.2, 0.25) is 0 Å². The van der Waals surface area contributed by atoms with E-state index in [-0.39, 0.29) is 29.6 Å². The molecule has 2 heterocycles. The van der Waals surface area contributed by atoms with Crippen molar-refractivity contribution in [3.8, 4) is 0 Å². The van der Waals surface area contributed by atoms with Crippen LogP contribution in [0.1, 0.15) is 44.1 Å². The Labute approximate surface area is 159 Å². The molecular weight excluding hydrogens is 342 g/mol. The van der Waals surface area contributed by atoms with Crippen molar-refractivity contribution in [2.24, 2.45) is 11.8 Å². The Morgan fingerprint density at radius 1 is 0.963 bits per heavy atom. The minimum atomic E-state index is -0.00486. The first kappa shape index (κ1) is 18.0. The molecule has 4 rings (SSSR count). The van der Waals surface area contributed by atoms with Gasteiger partial charge in [0.1, 0.15) is 0 Å². The Hall–Kier alpha value is -2.37. The monoisotopic (exact) mass is 369 g/mol. The first-order valence-corrected chi connectivity index (χ1v) is 10.1. The van der Waals surface area contributed by atoms with Crippen LogP contribution >= 0.6 is 0 Å². The molecule has 1 aromatic carbocycles. The van der Waals surface area contributed by atoms with Crippen LogP contribution in [0.5, 0.6) is 0 Å². The fourth-order valence-electron chi connectivity index (χ4n) is 4.00. The van der Waals surface area contributed by atoms with E-state index in [2.05, 4.69) is 5.32 Å². The number of nitrogens with one attached hydrogen (secondary N) is 1. The number of likely N-dealkylation sites (tertiary alicyclic amines) is 1. The summed E-state index contributed by atoms with van der Waals surface area (Å²) in [7, 11) is 0. The van der Waals surface area contributed by atoms with Crippen molar-refractivity contribution in [1.82, 2.24) is 10.2 Å². The second-order valence-corrected chi connectivity index (χ2v) is 7.91. The highest BCUT2D eigenvalue weighted by atomic mass is 16.2. The average molecular weight is 369 g/mol. The van der Waals surface area contributed by atoms with Crippen molar-refractivity contribution in [2.75, 3.05) is 24.5 Å². The van der Waals surface area contributed by atoms with Crippen LogP contribution in [-0.2, 0) is 20.9 Å². The quantitative estimate of drug-likeness (QED) is 0.864. The summed E-state index contributed by atoms with van der Waals surface area (Å²) in [6.07, 6.45) is 5.11. The molecule has 1 aromatic rings. The van der Waals surface area contributed by atoms with Gasteiger partial charge in [-0.2, -0.15) is 0 Å². The number of hydrogen-bond donors (Lipinski definition) is 1. The lowest BCUT2D eigenvalue weighted by Crippen LogP contribution is -2.43. The third-order valence-electron chi connectivity index (χ3n) is 5.89. The fraction of sp³-hybridized carbons (Fsp3) is 0.571. The van der Waals surface area contributed by atoms with Crippen LogP contribution in [0.15, 0.2) is 24.3 Å². The predicted octanol–water partition coefficient (Wildman–Crippen LogP) is 2.08. The molecule has 1 saturated carbocycles. The van der Waals surface area contributed by atoms with Gasteiger partial charge >= 0.3 is 0 Å². The van der Waals surface area contributed by atoms with Crippen molar-refractivity contribution in [1.29, 1.82) is 0 Å². The van der Waals surface area contributed by atoms with Gasteiger partial charge in [-0.25, -0.2) is 0 Å². The minimum absolute atomic E-state index is 0.00486. The van der Waals surface area contributed by atoms with Crippen LogP contribution < -0.4 is 10.2 Å². The number of nitrogens with zero attached hydrogens (tertiary/aromatic N) is 2. The highest BCUT2D eigenvalue weighted by Gasteiger charge is 2.35. The maximum Gasteiger partial charge on any atom is 0.227 e. The standard InChI is InChI=1S/C21H27N3O3/c25-19-2-1-11-24(19)18-7-3-15(4-8-18)14-22-20(26)16-9-12-23(13-10-16)21(27)17-5-6-17/h3-4,7-8,16-17H,1-2,5-6,9-14H2,(H,22,26). The Morgan fingerprint density at radius 2 is 1.67 bits per heavy atom. The zero-order chi connectivity index (χ0) is 18.8. The number of benzene rings is 1. The molecule has 0 aromatic heterocycles. The largest absolute Gasteiger partial charge is 0.352 e. The molecule has 0 bridgehead atoms. The Bertz CT molecular complexity index is 719. The van der Waals surface area contributed by atoms with Gasteiger partial charge in [-0.1, -0.05) is 12.1 Å². The average Bonchev–Trinajstić information content (AvgIpc) is 3.47. The molecular formula is C21H27N3O3. The van der Waals surface area contributed by atoms with Crippen LogP contribution in [-0.4, -0.2) is 42.3 Å². The number of amides is 3. The number of hydrogen-bond acceptors (Lipinski definition) is 3. The predicted molar refractivity (Wildman–Crippen MR) is 102 cm³/mol. The molecule has 3 amide bonds. The Kier molecular flexibility index (Phi) is 5.14. The summed E-state index contributed by atoms with van der Waals surface area (Å²) in [5, 5.41) is 3.02. The highest BCUT2D eigenvalue weighted by molar-refractivity contribution is 5.95.